The molecule has 0 radical (unpaired) electrons. The molecule has 0 heterocycles. The highest BCUT2D eigenvalue weighted by Crippen LogP contribution is 2.40. The average Bonchev–Trinajstić information content (AvgIpc) is 2.35. The fourth-order valence-electron chi connectivity index (χ4n) is 2.71. The van der Waals surface area contributed by atoms with Crippen molar-refractivity contribution in [2.45, 2.75) is 39.5 Å². The second-order valence-corrected chi connectivity index (χ2v) is 5.38. The van der Waals surface area contributed by atoms with Crippen LogP contribution in [0.1, 0.15) is 38.7 Å². The molecule has 1 atom stereocenters. The first-order valence-electron chi connectivity index (χ1n) is 6.31. The summed E-state index contributed by atoms with van der Waals surface area (Å²) in [6.07, 6.45) is 5.06. The van der Waals surface area contributed by atoms with E-state index >= 15 is 0 Å². The number of carbonyl (C=O) groups is 1. The van der Waals surface area contributed by atoms with E-state index in [2.05, 4.69) is 26.0 Å². The van der Waals surface area contributed by atoms with Crippen LogP contribution in [-0.2, 0) is 11.2 Å². The van der Waals surface area contributed by atoms with Crippen molar-refractivity contribution < 1.29 is 4.79 Å². The molecule has 1 heteroatoms. The molecule has 90 valence electrons. The lowest BCUT2D eigenvalue weighted by molar-refractivity contribution is -0.116. The molecule has 1 unspecified atom stereocenters. The van der Waals surface area contributed by atoms with E-state index in [0.717, 1.165) is 25.7 Å². The Morgan fingerprint density at radius 2 is 1.88 bits per heavy atom. The van der Waals surface area contributed by atoms with Crippen molar-refractivity contribution in [1.29, 1.82) is 0 Å². The Morgan fingerprint density at radius 3 is 2.47 bits per heavy atom. The van der Waals surface area contributed by atoms with Gasteiger partial charge in [-0.3, -0.25) is 0 Å². The summed E-state index contributed by atoms with van der Waals surface area (Å²) in [6.45, 7) is 4.35. The van der Waals surface area contributed by atoms with Gasteiger partial charge in [0.2, 0.25) is 0 Å². The van der Waals surface area contributed by atoms with E-state index in [0.29, 0.717) is 0 Å². The SMILES string of the molecule is CC1=C(C)CC(C=O)(Cc2ccccc2)CC1. The number of hydrogen-bond acceptors (Lipinski definition) is 1. The van der Waals surface area contributed by atoms with Gasteiger partial charge in [0.25, 0.3) is 0 Å². The molecule has 0 aromatic heterocycles. The molecule has 0 saturated carbocycles. The Labute approximate surface area is 104 Å². The summed E-state index contributed by atoms with van der Waals surface area (Å²) >= 11 is 0. The molecule has 2 rings (SSSR count). The molecule has 0 spiro atoms. The monoisotopic (exact) mass is 228 g/mol. The fraction of sp³-hybridized carbons (Fsp3) is 0.438. The van der Waals surface area contributed by atoms with Gasteiger partial charge in [0, 0.05) is 5.41 Å². The lowest BCUT2D eigenvalue weighted by Gasteiger charge is -2.33. The van der Waals surface area contributed by atoms with E-state index in [-0.39, 0.29) is 5.41 Å². The van der Waals surface area contributed by atoms with Crippen LogP contribution >= 0.6 is 0 Å². The van der Waals surface area contributed by atoms with E-state index in [1.165, 1.54) is 23.0 Å². The molecule has 0 fully saturated rings. The summed E-state index contributed by atoms with van der Waals surface area (Å²) in [6, 6.07) is 10.3. The van der Waals surface area contributed by atoms with Gasteiger partial charge in [-0.15, -0.1) is 0 Å². The summed E-state index contributed by atoms with van der Waals surface area (Å²) in [5.41, 5.74) is 3.98. The highest BCUT2D eigenvalue weighted by molar-refractivity contribution is 5.62. The number of benzene rings is 1. The third-order valence-corrected chi connectivity index (χ3v) is 3.99. The number of hydrogen-bond donors (Lipinski definition) is 0. The Balaban J connectivity index is 2.20. The van der Waals surface area contributed by atoms with Crippen molar-refractivity contribution in [3.63, 3.8) is 0 Å². The summed E-state index contributed by atoms with van der Waals surface area (Å²) < 4.78 is 0. The molecule has 1 nitrogen and oxygen atoms in total. The molecule has 0 bridgehead atoms. The van der Waals surface area contributed by atoms with Gasteiger partial charge in [0.15, 0.2) is 0 Å². The van der Waals surface area contributed by atoms with Crippen LogP contribution in [0.15, 0.2) is 41.5 Å². The van der Waals surface area contributed by atoms with Crippen molar-refractivity contribution in [3.05, 3.63) is 47.0 Å². The Hall–Kier alpha value is -1.37. The van der Waals surface area contributed by atoms with Gasteiger partial charge in [-0.25, -0.2) is 0 Å². The van der Waals surface area contributed by atoms with Gasteiger partial charge >= 0.3 is 0 Å². The predicted octanol–water partition coefficient (Wildman–Crippen LogP) is 3.93. The van der Waals surface area contributed by atoms with Crippen LogP contribution in [0.2, 0.25) is 0 Å². The molecule has 0 saturated heterocycles. The zero-order valence-electron chi connectivity index (χ0n) is 10.7. The van der Waals surface area contributed by atoms with Crippen molar-refractivity contribution in [1.82, 2.24) is 0 Å². The molecule has 1 aromatic rings. The summed E-state index contributed by atoms with van der Waals surface area (Å²) in [5.74, 6) is 0. The minimum Gasteiger partial charge on any atom is -0.303 e. The lowest BCUT2D eigenvalue weighted by Crippen LogP contribution is -2.29. The van der Waals surface area contributed by atoms with Crippen LogP contribution in [0, 0.1) is 5.41 Å². The van der Waals surface area contributed by atoms with Gasteiger partial charge in [-0.1, -0.05) is 41.5 Å². The molecular weight excluding hydrogens is 208 g/mol. The van der Waals surface area contributed by atoms with E-state index in [1.807, 2.05) is 18.2 Å². The molecule has 0 aliphatic heterocycles. The molecule has 0 N–H and O–H groups in total. The van der Waals surface area contributed by atoms with E-state index < -0.39 is 0 Å². The van der Waals surface area contributed by atoms with Crippen molar-refractivity contribution in [2.24, 2.45) is 5.41 Å². The molecule has 1 aliphatic rings. The summed E-state index contributed by atoms with van der Waals surface area (Å²) in [4.78, 5) is 11.5. The smallest absolute Gasteiger partial charge is 0.126 e. The molecule has 17 heavy (non-hydrogen) atoms. The second kappa shape index (κ2) is 4.87. The summed E-state index contributed by atoms with van der Waals surface area (Å²) in [7, 11) is 0. The number of allylic oxidation sites excluding steroid dienone is 2. The van der Waals surface area contributed by atoms with Crippen LogP contribution in [0.3, 0.4) is 0 Å². The fourth-order valence-corrected chi connectivity index (χ4v) is 2.71. The largest absolute Gasteiger partial charge is 0.303 e. The average molecular weight is 228 g/mol. The van der Waals surface area contributed by atoms with Crippen LogP contribution < -0.4 is 0 Å². The quantitative estimate of drug-likeness (QED) is 0.566. The third-order valence-electron chi connectivity index (χ3n) is 3.99. The van der Waals surface area contributed by atoms with Gasteiger partial charge in [0.05, 0.1) is 0 Å². The Bertz CT molecular complexity index is 430. The second-order valence-electron chi connectivity index (χ2n) is 5.38. The van der Waals surface area contributed by atoms with Crippen LogP contribution in [0.5, 0.6) is 0 Å². The first-order valence-corrected chi connectivity index (χ1v) is 6.31. The molecule has 1 aliphatic carbocycles. The normalized spacial score (nSPS) is 24.8. The predicted molar refractivity (Wildman–Crippen MR) is 70.9 cm³/mol. The van der Waals surface area contributed by atoms with Crippen molar-refractivity contribution >= 4 is 6.29 Å². The minimum atomic E-state index is -0.162. The highest BCUT2D eigenvalue weighted by Gasteiger charge is 2.33. The molecule has 1 aromatic carbocycles. The minimum absolute atomic E-state index is 0.162. The highest BCUT2D eigenvalue weighted by atomic mass is 16.1. The standard InChI is InChI=1S/C16H20O/c1-13-8-9-16(12-17,10-14(13)2)11-15-6-4-3-5-7-15/h3-7,12H,8-11H2,1-2H3. The number of rotatable bonds is 3. The zero-order chi connectivity index (χ0) is 12.3. The first kappa shape index (κ1) is 12.1. The van der Waals surface area contributed by atoms with Crippen molar-refractivity contribution in [2.75, 3.05) is 0 Å². The number of carbonyl (C=O) groups excluding carboxylic acids is 1. The van der Waals surface area contributed by atoms with Gasteiger partial charge in [-0.05, 0) is 45.1 Å². The Kier molecular flexibility index (Phi) is 3.46. The third kappa shape index (κ3) is 2.66. The number of aldehydes is 1. The Morgan fingerprint density at radius 1 is 1.18 bits per heavy atom. The van der Waals surface area contributed by atoms with E-state index in [9.17, 15) is 4.79 Å². The lowest BCUT2D eigenvalue weighted by atomic mass is 9.70. The maximum absolute atomic E-state index is 11.5. The van der Waals surface area contributed by atoms with Crippen LogP contribution in [-0.4, -0.2) is 6.29 Å². The van der Waals surface area contributed by atoms with E-state index in [1.54, 1.807) is 0 Å². The van der Waals surface area contributed by atoms with Gasteiger partial charge < -0.3 is 4.79 Å². The first-order chi connectivity index (χ1) is 8.15. The molecular formula is C16H20O. The van der Waals surface area contributed by atoms with Gasteiger partial charge in [0.1, 0.15) is 6.29 Å². The topological polar surface area (TPSA) is 17.1 Å². The maximum Gasteiger partial charge on any atom is 0.126 e. The van der Waals surface area contributed by atoms with Crippen molar-refractivity contribution in [3.8, 4) is 0 Å². The van der Waals surface area contributed by atoms with E-state index in [4.69, 9.17) is 0 Å². The maximum atomic E-state index is 11.5. The van der Waals surface area contributed by atoms with Crippen LogP contribution in [0.4, 0.5) is 0 Å². The van der Waals surface area contributed by atoms with Gasteiger partial charge in [-0.2, -0.15) is 0 Å². The summed E-state index contributed by atoms with van der Waals surface area (Å²) in [5, 5.41) is 0. The molecule has 0 amide bonds. The van der Waals surface area contributed by atoms with Crippen LogP contribution in [0.25, 0.3) is 0 Å². The zero-order valence-corrected chi connectivity index (χ0v) is 10.7.